The van der Waals surface area contributed by atoms with Crippen LogP contribution in [0.1, 0.15) is 26.7 Å². The van der Waals surface area contributed by atoms with E-state index in [0.717, 1.165) is 0 Å². The summed E-state index contributed by atoms with van der Waals surface area (Å²) in [5.41, 5.74) is 3.21. The molecule has 0 saturated carbocycles. The van der Waals surface area contributed by atoms with Crippen LogP contribution < -0.4 is 0 Å². The van der Waals surface area contributed by atoms with Crippen LogP contribution in [0.4, 0.5) is 0 Å². The Balaban J connectivity index is 2.14. The van der Waals surface area contributed by atoms with E-state index in [-0.39, 0.29) is 9.52 Å². The zero-order chi connectivity index (χ0) is 9.26. The first-order chi connectivity index (χ1) is 6.27. The summed E-state index contributed by atoms with van der Waals surface area (Å²) < 4.78 is 0. The zero-order valence-corrected chi connectivity index (χ0v) is 9.84. The normalized spacial score (nSPS) is 21.1. The molecule has 13 heavy (non-hydrogen) atoms. The molecule has 0 aromatic rings. The van der Waals surface area contributed by atoms with Gasteiger partial charge in [-0.3, -0.25) is 0 Å². The smallest absolute Gasteiger partial charge is 0.0806 e. The summed E-state index contributed by atoms with van der Waals surface area (Å²) >= 11 is 0. The molecule has 0 aliphatic heterocycles. The van der Waals surface area contributed by atoms with Crippen molar-refractivity contribution in [2.45, 2.75) is 26.7 Å². The Morgan fingerprint density at radius 3 is 1.69 bits per heavy atom. The maximum atomic E-state index is 2.34. The lowest BCUT2D eigenvalue weighted by molar-refractivity contribution is 1.24. The molecule has 0 spiro atoms. The van der Waals surface area contributed by atoms with Gasteiger partial charge in [0.25, 0.3) is 0 Å². The quantitative estimate of drug-likeness (QED) is 0.584. The molecule has 0 amide bonds. The highest BCUT2D eigenvalue weighted by molar-refractivity contribution is 6.56. The monoisotopic (exact) mass is 188 g/mol. The summed E-state index contributed by atoms with van der Waals surface area (Å²) in [5, 5.41) is 3.34. The van der Waals surface area contributed by atoms with Gasteiger partial charge < -0.3 is 0 Å². The van der Waals surface area contributed by atoms with Crippen molar-refractivity contribution in [1.29, 1.82) is 0 Å². The molecule has 0 aromatic heterocycles. The van der Waals surface area contributed by atoms with Crippen molar-refractivity contribution in [3.8, 4) is 0 Å². The van der Waals surface area contributed by atoms with Crippen molar-refractivity contribution >= 4 is 9.52 Å². The van der Waals surface area contributed by atoms with Crippen LogP contribution in [-0.2, 0) is 0 Å². The molecule has 2 rings (SSSR count). The van der Waals surface area contributed by atoms with Crippen molar-refractivity contribution in [3.63, 3.8) is 0 Å². The fourth-order valence-corrected chi connectivity index (χ4v) is 3.80. The molecule has 2 aliphatic carbocycles. The minimum Gasteiger partial charge on any atom is -0.0806 e. The van der Waals surface area contributed by atoms with E-state index < -0.39 is 0 Å². The third-order valence-electron chi connectivity index (χ3n) is 2.96. The van der Waals surface area contributed by atoms with Crippen LogP contribution in [0.3, 0.4) is 0 Å². The topological polar surface area (TPSA) is 0 Å². The van der Waals surface area contributed by atoms with E-state index in [1.807, 2.05) is 0 Å². The van der Waals surface area contributed by atoms with Gasteiger partial charge in [0.15, 0.2) is 0 Å². The molecule has 1 heteroatoms. The van der Waals surface area contributed by atoms with Crippen LogP contribution in [0.2, 0.25) is 0 Å². The van der Waals surface area contributed by atoms with E-state index in [9.17, 15) is 0 Å². The molecule has 0 aromatic carbocycles. The number of rotatable bonds is 2. The van der Waals surface area contributed by atoms with Crippen LogP contribution in [-0.4, -0.2) is 9.52 Å². The predicted octanol–water partition coefficient (Wildman–Crippen LogP) is 2.62. The van der Waals surface area contributed by atoms with E-state index in [1.54, 1.807) is 21.5 Å². The molecule has 0 heterocycles. The summed E-state index contributed by atoms with van der Waals surface area (Å²) in [6.07, 6.45) is 11.7. The second-order valence-electron chi connectivity index (χ2n) is 4.00. The van der Waals surface area contributed by atoms with Gasteiger partial charge >= 0.3 is 0 Å². The maximum absolute atomic E-state index is 2.34. The van der Waals surface area contributed by atoms with Gasteiger partial charge in [0.2, 0.25) is 0 Å². The summed E-state index contributed by atoms with van der Waals surface area (Å²) in [5.74, 6) is 0. The first-order valence-corrected chi connectivity index (χ1v) is 6.39. The number of allylic oxidation sites excluding steroid dienone is 8. The lowest BCUT2D eigenvalue weighted by atomic mass is 10.3. The van der Waals surface area contributed by atoms with Gasteiger partial charge in [0.05, 0.1) is 9.52 Å². The van der Waals surface area contributed by atoms with Crippen LogP contribution in [0, 0.1) is 0 Å². The largest absolute Gasteiger partial charge is 0.0873 e. The average Bonchev–Trinajstić information content (AvgIpc) is 2.65. The Kier molecular flexibility index (Phi) is 2.36. The van der Waals surface area contributed by atoms with Crippen molar-refractivity contribution in [2.75, 3.05) is 0 Å². The average molecular weight is 188 g/mol. The highest BCUT2D eigenvalue weighted by atomic mass is 28.2. The zero-order valence-electron chi connectivity index (χ0n) is 8.43. The maximum Gasteiger partial charge on any atom is 0.0873 e. The van der Waals surface area contributed by atoms with Gasteiger partial charge in [0.1, 0.15) is 0 Å². The van der Waals surface area contributed by atoms with E-state index in [4.69, 9.17) is 0 Å². The second-order valence-corrected chi connectivity index (χ2v) is 5.88. The van der Waals surface area contributed by atoms with Crippen LogP contribution in [0.5, 0.6) is 0 Å². The minimum atomic E-state index is -0.145. The standard InChI is InChI=1S/C12H16Si/c1-9-5-3-7-11(9)13-12-8-4-6-10(12)2/h3-4,7-8H,5-6,13H2,1-2H3. The third-order valence-corrected chi connectivity index (χ3v) is 5.40. The Morgan fingerprint density at radius 1 is 0.923 bits per heavy atom. The van der Waals surface area contributed by atoms with Gasteiger partial charge in [-0.05, 0) is 26.7 Å². The Labute approximate surface area is 82.6 Å². The summed E-state index contributed by atoms with van der Waals surface area (Å²) in [7, 11) is -0.145. The highest BCUT2D eigenvalue weighted by Gasteiger charge is 2.10. The van der Waals surface area contributed by atoms with E-state index in [1.165, 1.54) is 12.8 Å². The first-order valence-electron chi connectivity index (χ1n) is 4.97. The third kappa shape index (κ3) is 1.75. The van der Waals surface area contributed by atoms with Gasteiger partial charge in [-0.15, -0.1) is 0 Å². The van der Waals surface area contributed by atoms with Crippen LogP contribution in [0.15, 0.2) is 45.8 Å². The van der Waals surface area contributed by atoms with Crippen LogP contribution >= 0.6 is 0 Å². The van der Waals surface area contributed by atoms with Crippen LogP contribution in [0.25, 0.3) is 0 Å². The highest BCUT2D eigenvalue weighted by Crippen LogP contribution is 2.23. The van der Waals surface area contributed by atoms with Gasteiger partial charge in [0, 0.05) is 0 Å². The predicted molar refractivity (Wildman–Crippen MR) is 61.5 cm³/mol. The summed E-state index contributed by atoms with van der Waals surface area (Å²) in [6.45, 7) is 4.55. The molecule has 0 nitrogen and oxygen atoms in total. The lowest BCUT2D eigenvalue weighted by Gasteiger charge is -2.03. The summed E-state index contributed by atoms with van der Waals surface area (Å²) in [4.78, 5) is 0. The SMILES string of the molecule is CC1=C([SiH2]C2=C(C)CC=C2)C=CC1. The summed E-state index contributed by atoms with van der Waals surface area (Å²) in [6, 6.07) is 0. The second kappa shape index (κ2) is 3.50. The molecular formula is C12H16Si. The number of hydrogen-bond acceptors (Lipinski definition) is 0. The Morgan fingerprint density at radius 2 is 1.38 bits per heavy atom. The fraction of sp³-hybridized carbons (Fsp3) is 0.333. The molecule has 0 atom stereocenters. The van der Waals surface area contributed by atoms with Crippen molar-refractivity contribution in [1.82, 2.24) is 0 Å². The molecule has 0 unspecified atom stereocenters. The molecule has 0 bridgehead atoms. The fourth-order valence-electron chi connectivity index (χ4n) is 1.93. The Bertz CT molecular complexity index is 306. The van der Waals surface area contributed by atoms with Gasteiger partial charge in [-0.1, -0.05) is 45.8 Å². The molecule has 0 radical (unpaired) electrons. The Hall–Kier alpha value is -0.823. The van der Waals surface area contributed by atoms with E-state index >= 15 is 0 Å². The van der Waals surface area contributed by atoms with Gasteiger partial charge in [-0.2, -0.15) is 0 Å². The van der Waals surface area contributed by atoms with Crippen molar-refractivity contribution in [2.24, 2.45) is 0 Å². The molecule has 2 aliphatic rings. The van der Waals surface area contributed by atoms with E-state index in [2.05, 4.69) is 38.2 Å². The van der Waals surface area contributed by atoms with E-state index in [0.29, 0.717) is 0 Å². The number of hydrogen-bond donors (Lipinski definition) is 0. The first kappa shape index (κ1) is 8.76. The minimum absolute atomic E-state index is 0.145. The molecule has 0 fully saturated rings. The van der Waals surface area contributed by atoms with Gasteiger partial charge in [-0.25, -0.2) is 0 Å². The van der Waals surface area contributed by atoms with Crippen molar-refractivity contribution in [3.05, 3.63) is 45.8 Å². The molecule has 68 valence electrons. The lowest BCUT2D eigenvalue weighted by Crippen LogP contribution is -1.98. The molecular weight excluding hydrogens is 172 g/mol. The molecule has 0 saturated heterocycles. The molecule has 0 N–H and O–H groups in total. The van der Waals surface area contributed by atoms with Crippen molar-refractivity contribution < 1.29 is 0 Å².